The van der Waals surface area contributed by atoms with Crippen LogP contribution in [0.1, 0.15) is 48.6 Å². The van der Waals surface area contributed by atoms with Crippen LogP contribution in [0, 0.1) is 6.92 Å². The van der Waals surface area contributed by atoms with Gasteiger partial charge in [-0.3, -0.25) is 4.79 Å². The zero-order valence-electron chi connectivity index (χ0n) is 15.9. The minimum absolute atomic E-state index is 0.0163. The van der Waals surface area contributed by atoms with Crippen molar-refractivity contribution in [3.63, 3.8) is 0 Å². The molecule has 0 aliphatic heterocycles. The Morgan fingerprint density at radius 3 is 2.48 bits per heavy atom. The first kappa shape index (κ1) is 20.6. The van der Waals surface area contributed by atoms with Gasteiger partial charge in [0.05, 0.1) is 6.42 Å². The van der Waals surface area contributed by atoms with E-state index >= 15 is 0 Å². The van der Waals surface area contributed by atoms with Crippen molar-refractivity contribution in [1.29, 1.82) is 0 Å². The van der Waals surface area contributed by atoms with E-state index in [1.807, 2.05) is 31.2 Å². The number of rotatable bonds is 10. The van der Waals surface area contributed by atoms with Gasteiger partial charge in [-0.05, 0) is 44.2 Å². The van der Waals surface area contributed by atoms with Gasteiger partial charge in [-0.1, -0.05) is 24.3 Å². The number of carboxylic acid groups (broad SMARTS) is 1. The van der Waals surface area contributed by atoms with E-state index in [9.17, 15) is 4.79 Å². The first-order chi connectivity index (χ1) is 12.9. The third kappa shape index (κ3) is 6.53. The molecule has 2 rings (SSSR count). The normalized spacial score (nSPS) is 12.0. The summed E-state index contributed by atoms with van der Waals surface area (Å²) in [6.07, 6.45) is 3.29. The number of nitrogens with one attached hydrogen (secondary N) is 1. The molecular formula is C20H28N4O3. The number of hydrogen-bond acceptors (Lipinski definition) is 6. The van der Waals surface area contributed by atoms with Crippen molar-refractivity contribution in [1.82, 2.24) is 9.97 Å². The second-order valence-electron chi connectivity index (χ2n) is 6.82. The van der Waals surface area contributed by atoms with Crippen LogP contribution in [0.25, 0.3) is 0 Å². The maximum atomic E-state index is 10.8. The van der Waals surface area contributed by atoms with E-state index in [1.54, 1.807) is 0 Å². The van der Waals surface area contributed by atoms with Crippen LogP contribution >= 0.6 is 0 Å². The number of benzene rings is 1. The highest BCUT2D eigenvalue weighted by molar-refractivity contribution is 5.70. The molecule has 0 spiro atoms. The molecule has 0 saturated carbocycles. The predicted molar refractivity (Wildman–Crippen MR) is 106 cm³/mol. The fraction of sp³-hybridized carbons (Fsp3) is 0.450. The summed E-state index contributed by atoms with van der Waals surface area (Å²) in [6.45, 7) is 4.19. The Kier molecular flexibility index (Phi) is 7.55. The molecule has 7 heteroatoms. The van der Waals surface area contributed by atoms with Crippen LogP contribution in [-0.4, -0.2) is 38.8 Å². The molecular weight excluding hydrogens is 344 g/mol. The summed E-state index contributed by atoms with van der Waals surface area (Å²) in [7, 11) is 0. The summed E-state index contributed by atoms with van der Waals surface area (Å²) < 4.78 is 0. The molecule has 1 aromatic heterocycles. The lowest BCUT2D eigenvalue weighted by molar-refractivity contribution is -0.136. The molecule has 0 fully saturated rings. The molecule has 0 bridgehead atoms. The first-order valence-electron chi connectivity index (χ1n) is 9.19. The van der Waals surface area contributed by atoms with Crippen molar-refractivity contribution >= 4 is 17.7 Å². The number of nitrogen functional groups attached to an aromatic ring is 1. The highest BCUT2D eigenvalue weighted by Gasteiger charge is 2.14. The van der Waals surface area contributed by atoms with Crippen molar-refractivity contribution in [2.24, 2.45) is 0 Å². The summed E-state index contributed by atoms with van der Waals surface area (Å²) in [5.74, 6) is 0.122. The molecule has 27 heavy (non-hydrogen) atoms. The van der Waals surface area contributed by atoms with Gasteiger partial charge in [-0.2, -0.15) is 4.98 Å². The quantitative estimate of drug-likeness (QED) is 0.473. The number of aliphatic hydroxyl groups excluding tert-OH is 1. The number of unbranched alkanes of at least 4 members (excludes halogenated alkanes) is 1. The molecule has 0 amide bonds. The number of carbonyl (C=O) groups is 1. The summed E-state index contributed by atoms with van der Waals surface area (Å²) in [5, 5.41) is 21.2. The van der Waals surface area contributed by atoms with Crippen LogP contribution in [0.15, 0.2) is 24.3 Å². The van der Waals surface area contributed by atoms with E-state index in [1.165, 1.54) is 0 Å². The molecule has 0 aliphatic carbocycles. The lowest BCUT2D eigenvalue weighted by Gasteiger charge is -2.19. The highest BCUT2D eigenvalue weighted by atomic mass is 16.4. The number of aliphatic carboxylic acids is 1. The number of carboxylic acids is 1. The smallest absolute Gasteiger partial charge is 0.307 e. The zero-order valence-corrected chi connectivity index (χ0v) is 15.9. The van der Waals surface area contributed by atoms with Gasteiger partial charge < -0.3 is 21.3 Å². The predicted octanol–water partition coefficient (Wildman–Crippen LogP) is 2.55. The van der Waals surface area contributed by atoms with Gasteiger partial charge in [0.2, 0.25) is 5.95 Å². The number of hydrogen-bond donors (Lipinski definition) is 4. The van der Waals surface area contributed by atoms with Crippen molar-refractivity contribution < 1.29 is 15.0 Å². The number of aryl methyl sites for hydroxylation is 1. The highest BCUT2D eigenvalue weighted by Crippen LogP contribution is 2.23. The monoisotopic (exact) mass is 372 g/mol. The van der Waals surface area contributed by atoms with Crippen LogP contribution in [0.4, 0.5) is 11.8 Å². The van der Waals surface area contributed by atoms with Crippen molar-refractivity contribution in [2.75, 3.05) is 17.7 Å². The number of aromatic nitrogens is 2. The lowest BCUT2D eigenvalue weighted by Crippen LogP contribution is -2.19. The van der Waals surface area contributed by atoms with Gasteiger partial charge in [-0.15, -0.1) is 0 Å². The fourth-order valence-corrected chi connectivity index (χ4v) is 2.97. The van der Waals surface area contributed by atoms with Gasteiger partial charge in [-0.25, -0.2) is 4.98 Å². The van der Waals surface area contributed by atoms with E-state index in [0.29, 0.717) is 6.42 Å². The molecule has 1 atom stereocenters. The molecule has 1 aromatic carbocycles. The van der Waals surface area contributed by atoms with Crippen molar-refractivity contribution in [3.05, 3.63) is 46.6 Å². The van der Waals surface area contributed by atoms with E-state index < -0.39 is 5.97 Å². The molecule has 1 heterocycles. The van der Waals surface area contributed by atoms with Crippen LogP contribution in [-0.2, 0) is 17.6 Å². The second-order valence-corrected chi connectivity index (χ2v) is 6.82. The Morgan fingerprint density at radius 2 is 1.85 bits per heavy atom. The topological polar surface area (TPSA) is 121 Å². The third-order valence-electron chi connectivity index (χ3n) is 4.42. The minimum Gasteiger partial charge on any atom is -0.481 e. The van der Waals surface area contributed by atoms with Crippen molar-refractivity contribution in [3.8, 4) is 0 Å². The lowest BCUT2D eigenvalue weighted by atomic mass is 10.0. The summed E-state index contributed by atoms with van der Waals surface area (Å²) >= 11 is 0. The second kappa shape index (κ2) is 9.87. The Labute approximate surface area is 159 Å². The number of anilines is 2. The van der Waals surface area contributed by atoms with Crippen LogP contribution in [0.2, 0.25) is 0 Å². The van der Waals surface area contributed by atoms with Gasteiger partial charge in [0.25, 0.3) is 0 Å². The van der Waals surface area contributed by atoms with Crippen LogP contribution < -0.4 is 11.1 Å². The summed E-state index contributed by atoms with van der Waals surface area (Å²) in [4.78, 5) is 19.5. The molecule has 0 saturated heterocycles. The summed E-state index contributed by atoms with van der Waals surface area (Å²) in [5.41, 5.74) is 9.46. The molecule has 7 nitrogen and oxygen atoms in total. The van der Waals surface area contributed by atoms with Crippen LogP contribution in [0.5, 0.6) is 0 Å². The van der Waals surface area contributed by atoms with Gasteiger partial charge in [0.15, 0.2) is 0 Å². The molecule has 5 N–H and O–H groups in total. The van der Waals surface area contributed by atoms with Gasteiger partial charge in [0.1, 0.15) is 5.82 Å². The largest absolute Gasteiger partial charge is 0.481 e. The van der Waals surface area contributed by atoms with E-state index in [0.717, 1.165) is 47.5 Å². The molecule has 146 valence electrons. The zero-order chi connectivity index (χ0) is 19.8. The Hall–Kier alpha value is -2.67. The van der Waals surface area contributed by atoms with E-state index in [4.69, 9.17) is 15.9 Å². The maximum Gasteiger partial charge on any atom is 0.307 e. The maximum absolute atomic E-state index is 10.8. The Morgan fingerprint density at radius 1 is 1.19 bits per heavy atom. The van der Waals surface area contributed by atoms with Gasteiger partial charge in [0, 0.05) is 30.3 Å². The van der Waals surface area contributed by atoms with E-state index in [2.05, 4.69) is 22.2 Å². The molecule has 2 aromatic rings. The van der Waals surface area contributed by atoms with Crippen LogP contribution in [0.3, 0.4) is 0 Å². The molecule has 0 aliphatic rings. The fourth-order valence-electron chi connectivity index (χ4n) is 2.97. The Balaban J connectivity index is 2.16. The average Bonchev–Trinajstić information content (AvgIpc) is 2.59. The standard InChI is InChI=1S/C20H28N4O3/c1-13(5-3-4-10-25)22-19-17(14(2)23-20(21)24-19)11-15-6-8-16(9-7-15)12-18(26)27/h6-9,13,25H,3-5,10-12H2,1-2H3,(H,26,27)(H3,21,22,23,24). The first-order valence-corrected chi connectivity index (χ1v) is 9.19. The van der Waals surface area contributed by atoms with Crippen molar-refractivity contribution in [2.45, 2.75) is 52.0 Å². The summed E-state index contributed by atoms with van der Waals surface area (Å²) in [6, 6.07) is 7.73. The number of nitrogens with zero attached hydrogens (tertiary/aromatic N) is 2. The third-order valence-corrected chi connectivity index (χ3v) is 4.42. The molecule has 0 radical (unpaired) electrons. The molecule has 1 unspecified atom stereocenters. The number of nitrogens with two attached hydrogens (primary N) is 1. The SMILES string of the molecule is Cc1nc(N)nc(NC(C)CCCCO)c1Cc1ccc(CC(=O)O)cc1. The van der Waals surface area contributed by atoms with Gasteiger partial charge >= 0.3 is 5.97 Å². The number of aliphatic hydroxyl groups is 1. The minimum atomic E-state index is -0.841. The average molecular weight is 372 g/mol. The van der Waals surface area contributed by atoms with E-state index in [-0.39, 0.29) is 25.0 Å². The Bertz CT molecular complexity index is 763.